The molecule has 2 amide bonds. The number of carbonyl (C=O) groups is 1. The van der Waals surface area contributed by atoms with E-state index in [2.05, 4.69) is 5.32 Å². The van der Waals surface area contributed by atoms with Gasteiger partial charge in [0.1, 0.15) is 5.76 Å². The third-order valence-corrected chi connectivity index (χ3v) is 3.16. The number of carbonyl (C=O) groups excluding carboxylic acids is 1. The third-order valence-electron chi connectivity index (χ3n) is 3.16. The number of urea groups is 1. The van der Waals surface area contributed by atoms with E-state index in [0.717, 1.165) is 17.0 Å². The first-order valence-electron chi connectivity index (χ1n) is 7.08. The third kappa shape index (κ3) is 2.79. The zero-order valence-electron chi connectivity index (χ0n) is 12.5. The molecule has 4 heteroatoms. The van der Waals surface area contributed by atoms with E-state index < -0.39 is 0 Å². The molecule has 108 valence electrons. The van der Waals surface area contributed by atoms with Crippen molar-refractivity contribution in [1.29, 1.82) is 0 Å². The monoisotopic (exact) mass is 274 g/mol. The average Bonchev–Trinajstić information content (AvgIpc) is 2.38. The molecule has 1 aromatic carbocycles. The molecule has 2 rings (SSSR count). The SMILES string of the molecule is CCOC1=CC(C)N(C(=O)NC(C)C)c2ccccc21. The van der Waals surface area contributed by atoms with Gasteiger partial charge in [-0.1, -0.05) is 12.1 Å². The average molecular weight is 274 g/mol. The van der Waals surface area contributed by atoms with E-state index in [0.29, 0.717) is 6.61 Å². The quantitative estimate of drug-likeness (QED) is 0.918. The van der Waals surface area contributed by atoms with Crippen molar-refractivity contribution >= 4 is 17.5 Å². The summed E-state index contributed by atoms with van der Waals surface area (Å²) in [6.07, 6.45) is 1.99. The van der Waals surface area contributed by atoms with Gasteiger partial charge >= 0.3 is 6.03 Å². The fourth-order valence-corrected chi connectivity index (χ4v) is 2.39. The largest absolute Gasteiger partial charge is 0.493 e. The lowest BCUT2D eigenvalue weighted by molar-refractivity contribution is 0.242. The van der Waals surface area contributed by atoms with Crippen molar-refractivity contribution in [2.24, 2.45) is 0 Å². The molecule has 0 saturated heterocycles. The highest BCUT2D eigenvalue weighted by Crippen LogP contribution is 2.34. The van der Waals surface area contributed by atoms with Crippen molar-refractivity contribution in [1.82, 2.24) is 5.32 Å². The van der Waals surface area contributed by atoms with Crippen LogP contribution in [0.3, 0.4) is 0 Å². The number of para-hydroxylation sites is 1. The second kappa shape index (κ2) is 5.99. The molecule has 0 aromatic heterocycles. The van der Waals surface area contributed by atoms with Gasteiger partial charge in [-0.2, -0.15) is 0 Å². The Hall–Kier alpha value is -1.97. The summed E-state index contributed by atoms with van der Waals surface area (Å²) in [6.45, 7) is 8.49. The Morgan fingerprint density at radius 3 is 2.75 bits per heavy atom. The van der Waals surface area contributed by atoms with Crippen LogP contribution in [0.5, 0.6) is 0 Å². The maximum Gasteiger partial charge on any atom is 0.322 e. The number of rotatable bonds is 3. The minimum Gasteiger partial charge on any atom is -0.493 e. The Balaban J connectivity index is 2.39. The highest BCUT2D eigenvalue weighted by molar-refractivity contribution is 5.97. The summed E-state index contributed by atoms with van der Waals surface area (Å²) in [5, 5.41) is 2.95. The normalized spacial score (nSPS) is 17.6. The predicted molar refractivity (Wildman–Crippen MR) is 81.7 cm³/mol. The molecule has 0 saturated carbocycles. The maximum absolute atomic E-state index is 12.4. The number of nitrogens with zero attached hydrogens (tertiary/aromatic N) is 1. The highest BCUT2D eigenvalue weighted by Gasteiger charge is 2.29. The number of amides is 2. The van der Waals surface area contributed by atoms with E-state index in [4.69, 9.17) is 4.74 Å². The van der Waals surface area contributed by atoms with Crippen LogP contribution in [-0.2, 0) is 4.74 Å². The number of anilines is 1. The van der Waals surface area contributed by atoms with E-state index in [-0.39, 0.29) is 18.1 Å². The van der Waals surface area contributed by atoms with Crippen LogP contribution in [0.15, 0.2) is 30.3 Å². The number of hydrogen-bond donors (Lipinski definition) is 1. The lowest BCUT2D eigenvalue weighted by Crippen LogP contribution is -2.48. The number of fused-ring (bicyclic) bond motifs is 1. The summed E-state index contributed by atoms with van der Waals surface area (Å²) in [4.78, 5) is 14.2. The van der Waals surface area contributed by atoms with Crippen LogP contribution in [0.1, 0.15) is 33.3 Å². The summed E-state index contributed by atoms with van der Waals surface area (Å²) in [5.41, 5.74) is 1.86. The van der Waals surface area contributed by atoms with Gasteiger partial charge in [-0.15, -0.1) is 0 Å². The Labute approximate surface area is 120 Å². The molecular formula is C16H22N2O2. The topological polar surface area (TPSA) is 41.6 Å². The number of hydrogen-bond acceptors (Lipinski definition) is 2. The molecular weight excluding hydrogens is 252 g/mol. The summed E-state index contributed by atoms with van der Waals surface area (Å²) in [6, 6.07) is 7.84. The van der Waals surface area contributed by atoms with E-state index in [9.17, 15) is 4.79 Å². The van der Waals surface area contributed by atoms with E-state index in [1.165, 1.54) is 0 Å². The first-order valence-corrected chi connectivity index (χ1v) is 7.08. The second-order valence-electron chi connectivity index (χ2n) is 5.20. The summed E-state index contributed by atoms with van der Waals surface area (Å²) >= 11 is 0. The molecule has 1 N–H and O–H groups in total. The van der Waals surface area contributed by atoms with Crippen LogP contribution in [0.2, 0.25) is 0 Å². The van der Waals surface area contributed by atoms with E-state index >= 15 is 0 Å². The van der Waals surface area contributed by atoms with Gasteiger partial charge in [0, 0.05) is 11.6 Å². The molecule has 0 radical (unpaired) electrons. The molecule has 1 aromatic rings. The second-order valence-corrected chi connectivity index (χ2v) is 5.20. The molecule has 1 aliphatic heterocycles. The van der Waals surface area contributed by atoms with Gasteiger partial charge in [0.25, 0.3) is 0 Å². The lowest BCUT2D eigenvalue weighted by Gasteiger charge is -2.34. The van der Waals surface area contributed by atoms with Gasteiger partial charge in [0.15, 0.2) is 0 Å². The minimum atomic E-state index is -0.0771. The van der Waals surface area contributed by atoms with Crippen molar-refractivity contribution in [2.75, 3.05) is 11.5 Å². The fraction of sp³-hybridized carbons (Fsp3) is 0.438. The summed E-state index contributed by atoms with van der Waals surface area (Å²) in [5.74, 6) is 0.851. The van der Waals surface area contributed by atoms with Crippen molar-refractivity contribution in [3.05, 3.63) is 35.9 Å². The Morgan fingerprint density at radius 2 is 2.10 bits per heavy atom. The Kier molecular flexibility index (Phi) is 4.32. The van der Waals surface area contributed by atoms with Crippen LogP contribution in [0.4, 0.5) is 10.5 Å². The zero-order valence-corrected chi connectivity index (χ0v) is 12.5. The molecule has 1 heterocycles. The lowest BCUT2D eigenvalue weighted by atomic mass is 10.0. The maximum atomic E-state index is 12.4. The molecule has 1 aliphatic rings. The van der Waals surface area contributed by atoms with Crippen molar-refractivity contribution in [3.8, 4) is 0 Å². The van der Waals surface area contributed by atoms with Crippen LogP contribution in [0, 0.1) is 0 Å². The summed E-state index contributed by atoms with van der Waals surface area (Å²) < 4.78 is 5.69. The Bertz CT molecular complexity index is 523. The van der Waals surface area contributed by atoms with Gasteiger partial charge in [0.05, 0.1) is 18.3 Å². The van der Waals surface area contributed by atoms with E-state index in [1.54, 1.807) is 4.90 Å². The standard InChI is InChI=1S/C16H22N2O2/c1-5-20-15-10-12(4)18(16(19)17-11(2)3)14-9-7-6-8-13(14)15/h6-12H,5H2,1-4H3,(H,17,19). The highest BCUT2D eigenvalue weighted by atomic mass is 16.5. The van der Waals surface area contributed by atoms with Crippen molar-refractivity contribution < 1.29 is 9.53 Å². The van der Waals surface area contributed by atoms with Gasteiger partial charge in [-0.05, 0) is 45.9 Å². The molecule has 1 unspecified atom stereocenters. The molecule has 0 aliphatic carbocycles. The number of benzene rings is 1. The molecule has 0 bridgehead atoms. The van der Waals surface area contributed by atoms with Crippen LogP contribution >= 0.6 is 0 Å². The molecule has 4 nitrogen and oxygen atoms in total. The molecule has 0 fully saturated rings. The number of nitrogens with one attached hydrogen (secondary N) is 1. The minimum absolute atomic E-state index is 0.0369. The van der Waals surface area contributed by atoms with Crippen molar-refractivity contribution in [2.45, 2.75) is 39.8 Å². The first kappa shape index (κ1) is 14.4. The predicted octanol–water partition coefficient (Wildman–Crippen LogP) is 3.39. The van der Waals surface area contributed by atoms with E-state index in [1.807, 2.05) is 58.0 Å². The van der Waals surface area contributed by atoms with Crippen LogP contribution < -0.4 is 10.2 Å². The Morgan fingerprint density at radius 1 is 1.40 bits per heavy atom. The fourth-order valence-electron chi connectivity index (χ4n) is 2.39. The molecule has 1 atom stereocenters. The van der Waals surface area contributed by atoms with Gasteiger partial charge in [0.2, 0.25) is 0 Å². The number of ether oxygens (including phenoxy) is 1. The van der Waals surface area contributed by atoms with Crippen LogP contribution in [-0.4, -0.2) is 24.7 Å². The van der Waals surface area contributed by atoms with Gasteiger partial charge in [-0.3, -0.25) is 4.90 Å². The van der Waals surface area contributed by atoms with Gasteiger partial charge < -0.3 is 10.1 Å². The zero-order chi connectivity index (χ0) is 14.7. The summed E-state index contributed by atoms with van der Waals surface area (Å²) in [7, 11) is 0. The van der Waals surface area contributed by atoms with Crippen LogP contribution in [0.25, 0.3) is 5.76 Å². The van der Waals surface area contributed by atoms with Crippen molar-refractivity contribution in [3.63, 3.8) is 0 Å². The first-order chi connectivity index (χ1) is 9.54. The smallest absolute Gasteiger partial charge is 0.322 e. The molecule has 0 spiro atoms. The molecule has 20 heavy (non-hydrogen) atoms. The van der Waals surface area contributed by atoms with Gasteiger partial charge in [-0.25, -0.2) is 4.79 Å².